The highest BCUT2D eigenvalue weighted by Gasteiger charge is 2.28. The van der Waals surface area contributed by atoms with Gasteiger partial charge in [-0.1, -0.05) is 18.2 Å². The number of ether oxygens (including phenoxy) is 1. The standard InChI is InChI=1S/C18H21N3O3/c1-13-8-6-7-11-20(13)18(23)17-15(24-2)12-16(22)21(19-17)14-9-4-3-5-10-14/h3-5,9-10,12-13H,6-8,11H2,1-2H3. The van der Waals surface area contributed by atoms with E-state index in [9.17, 15) is 9.59 Å². The highest BCUT2D eigenvalue weighted by atomic mass is 16.5. The summed E-state index contributed by atoms with van der Waals surface area (Å²) in [5.41, 5.74) is 0.460. The Kier molecular flexibility index (Phi) is 4.64. The van der Waals surface area contributed by atoms with Crippen LogP contribution in [0.25, 0.3) is 5.69 Å². The van der Waals surface area contributed by atoms with Crippen molar-refractivity contribution in [3.05, 3.63) is 52.4 Å². The van der Waals surface area contributed by atoms with Crippen LogP contribution in [0.4, 0.5) is 0 Å². The van der Waals surface area contributed by atoms with Gasteiger partial charge in [0.05, 0.1) is 18.9 Å². The predicted molar refractivity (Wildman–Crippen MR) is 90.7 cm³/mol. The smallest absolute Gasteiger partial charge is 0.278 e. The van der Waals surface area contributed by atoms with Crippen LogP contribution in [0.15, 0.2) is 41.2 Å². The van der Waals surface area contributed by atoms with Crippen LogP contribution in [-0.4, -0.2) is 40.3 Å². The van der Waals surface area contributed by atoms with Gasteiger partial charge in [0.1, 0.15) is 0 Å². The van der Waals surface area contributed by atoms with Crippen LogP contribution >= 0.6 is 0 Å². The van der Waals surface area contributed by atoms with Gasteiger partial charge in [0.15, 0.2) is 11.4 Å². The lowest BCUT2D eigenvalue weighted by Gasteiger charge is -2.33. The molecule has 0 spiro atoms. The fourth-order valence-electron chi connectivity index (χ4n) is 3.03. The lowest BCUT2D eigenvalue weighted by atomic mass is 10.0. The van der Waals surface area contributed by atoms with E-state index in [1.54, 1.807) is 12.1 Å². The maximum atomic E-state index is 13.0. The molecule has 0 bridgehead atoms. The third-order valence-corrected chi connectivity index (χ3v) is 4.38. The zero-order valence-corrected chi connectivity index (χ0v) is 13.9. The van der Waals surface area contributed by atoms with Crippen molar-refractivity contribution < 1.29 is 9.53 Å². The van der Waals surface area contributed by atoms with E-state index in [2.05, 4.69) is 5.10 Å². The number of piperidine rings is 1. The van der Waals surface area contributed by atoms with E-state index in [1.165, 1.54) is 17.9 Å². The number of rotatable bonds is 3. The quantitative estimate of drug-likeness (QED) is 0.867. The Hall–Kier alpha value is -2.63. The van der Waals surface area contributed by atoms with Gasteiger partial charge in [-0.3, -0.25) is 9.59 Å². The molecule has 2 aromatic rings. The molecule has 1 unspecified atom stereocenters. The number of hydrogen-bond acceptors (Lipinski definition) is 4. The Morgan fingerprint density at radius 3 is 2.67 bits per heavy atom. The van der Waals surface area contributed by atoms with Crippen molar-refractivity contribution in [2.24, 2.45) is 0 Å². The molecular formula is C18H21N3O3. The molecule has 1 atom stereocenters. The lowest BCUT2D eigenvalue weighted by molar-refractivity contribution is 0.0623. The number of methoxy groups -OCH3 is 1. The minimum Gasteiger partial charge on any atom is -0.494 e. The highest BCUT2D eigenvalue weighted by Crippen LogP contribution is 2.22. The summed E-state index contributed by atoms with van der Waals surface area (Å²) in [6, 6.07) is 10.5. The van der Waals surface area contributed by atoms with E-state index in [0.717, 1.165) is 19.3 Å². The number of aromatic nitrogens is 2. The first-order chi connectivity index (χ1) is 11.6. The fourth-order valence-corrected chi connectivity index (χ4v) is 3.03. The first-order valence-electron chi connectivity index (χ1n) is 8.16. The zero-order chi connectivity index (χ0) is 17.1. The molecule has 6 heteroatoms. The molecule has 1 aromatic carbocycles. The average Bonchev–Trinajstić information content (AvgIpc) is 2.62. The van der Waals surface area contributed by atoms with Crippen LogP contribution in [0.3, 0.4) is 0 Å². The van der Waals surface area contributed by atoms with Gasteiger partial charge < -0.3 is 9.64 Å². The molecule has 0 radical (unpaired) electrons. The largest absolute Gasteiger partial charge is 0.494 e. The Morgan fingerprint density at radius 1 is 1.25 bits per heavy atom. The van der Waals surface area contributed by atoms with Gasteiger partial charge in [-0.2, -0.15) is 9.78 Å². The summed E-state index contributed by atoms with van der Waals surface area (Å²) in [6.45, 7) is 2.74. The molecular weight excluding hydrogens is 306 g/mol. The molecule has 1 aliphatic rings. The molecule has 6 nitrogen and oxygen atoms in total. The van der Waals surface area contributed by atoms with E-state index in [1.807, 2.05) is 30.0 Å². The molecule has 1 fully saturated rings. The van der Waals surface area contributed by atoms with Crippen molar-refractivity contribution in [1.82, 2.24) is 14.7 Å². The fraction of sp³-hybridized carbons (Fsp3) is 0.389. The second kappa shape index (κ2) is 6.86. The van der Waals surface area contributed by atoms with Crippen molar-refractivity contribution in [3.63, 3.8) is 0 Å². The van der Waals surface area contributed by atoms with Crippen molar-refractivity contribution >= 4 is 5.91 Å². The van der Waals surface area contributed by atoms with E-state index in [-0.39, 0.29) is 29.0 Å². The van der Waals surface area contributed by atoms with Crippen molar-refractivity contribution in [3.8, 4) is 11.4 Å². The molecule has 0 N–H and O–H groups in total. The Labute approximate surface area is 140 Å². The van der Waals surface area contributed by atoms with Crippen molar-refractivity contribution in [1.29, 1.82) is 0 Å². The normalized spacial score (nSPS) is 17.6. The monoisotopic (exact) mass is 327 g/mol. The van der Waals surface area contributed by atoms with Gasteiger partial charge in [-0.25, -0.2) is 0 Å². The third kappa shape index (κ3) is 3.04. The summed E-state index contributed by atoms with van der Waals surface area (Å²) in [4.78, 5) is 27.1. The summed E-state index contributed by atoms with van der Waals surface area (Å²) in [5, 5.41) is 4.31. The maximum Gasteiger partial charge on any atom is 0.278 e. The maximum absolute atomic E-state index is 13.0. The van der Waals surface area contributed by atoms with Crippen molar-refractivity contribution in [2.45, 2.75) is 32.2 Å². The van der Waals surface area contributed by atoms with Crippen LogP contribution in [0.2, 0.25) is 0 Å². The van der Waals surface area contributed by atoms with Gasteiger partial charge in [-0.05, 0) is 38.3 Å². The summed E-state index contributed by atoms with van der Waals surface area (Å²) >= 11 is 0. The number of amides is 1. The molecule has 2 heterocycles. The number of para-hydroxylation sites is 1. The number of carbonyl (C=O) groups is 1. The first kappa shape index (κ1) is 16.2. The predicted octanol–water partition coefficient (Wildman–Crippen LogP) is 2.26. The molecule has 24 heavy (non-hydrogen) atoms. The summed E-state index contributed by atoms with van der Waals surface area (Å²) < 4.78 is 6.48. The zero-order valence-electron chi connectivity index (χ0n) is 13.9. The number of carbonyl (C=O) groups excluding carboxylic acids is 1. The Bertz CT molecular complexity index is 786. The van der Waals surface area contributed by atoms with Gasteiger partial charge in [-0.15, -0.1) is 0 Å². The van der Waals surface area contributed by atoms with Crippen LogP contribution in [0.5, 0.6) is 5.75 Å². The molecule has 0 aliphatic carbocycles. The first-order valence-corrected chi connectivity index (χ1v) is 8.16. The van der Waals surface area contributed by atoms with Crippen LogP contribution < -0.4 is 10.3 Å². The average molecular weight is 327 g/mol. The van der Waals surface area contributed by atoms with Gasteiger partial charge in [0.25, 0.3) is 11.5 Å². The van der Waals surface area contributed by atoms with Gasteiger partial charge in [0, 0.05) is 12.6 Å². The molecule has 1 saturated heterocycles. The Balaban J connectivity index is 2.06. The molecule has 1 aliphatic heterocycles. The molecule has 0 saturated carbocycles. The topological polar surface area (TPSA) is 64.4 Å². The molecule has 1 amide bonds. The summed E-state index contributed by atoms with van der Waals surface area (Å²) in [5.74, 6) is 0.0266. The summed E-state index contributed by atoms with van der Waals surface area (Å²) in [6.07, 6.45) is 3.09. The minimum atomic E-state index is -0.332. The number of hydrogen-bond donors (Lipinski definition) is 0. The number of benzene rings is 1. The summed E-state index contributed by atoms with van der Waals surface area (Å²) in [7, 11) is 1.44. The SMILES string of the molecule is COc1cc(=O)n(-c2ccccc2)nc1C(=O)N1CCCCC1C. The van der Waals surface area contributed by atoms with E-state index in [0.29, 0.717) is 12.2 Å². The van der Waals surface area contributed by atoms with E-state index >= 15 is 0 Å². The molecule has 3 rings (SSSR count). The molecule has 1 aromatic heterocycles. The lowest BCUT2D eigenvalue weighted by Crippen LogP contribution is -2.43. The second-order valence-corrected chi connectivity index (χ2v) is 5.99. The third-order valence-electron chi connectivity index (χ3n) is 4.38. The number of likely N-dealkylation sites (tertiary alicyclic amines) is 1. The van der Waals surface area contributed by atoms with Crippen molar-refractivity contribution in [2.75, 3.05) is 13.7 Å². The van der Waals surface area contributed by atoms with E-state index < -0.39 is 0 Å². The second-order valence-electron chi connectivity index (χ2n) is 5.99. The van der Waals surface area contributed by atoms with Gasteiger partial charge in [0.2, 0.25) is 0 Å². The highest BCUT2D eigenvalue weighted by molar-refractivity contribution is 5.95. The Morgan fingerprint density at radius 2 is 2.00 bits per heavy atom. The molecule has 126 valence electrons. The van der Waals surface area contributed by atoms with E-state index in [4.69, 9.17) is 4.74 Å². The van der Waals surface area contributed by atoms with Crippen LogP contribution in [0, 0.1) is 0 Å². The minimum absolute atomic E-state index is 0.162. The van der Waals surface area contributed by atoms with Gasteiger partial charge >= 0.3 is 0 Å². The van der Waals surface area contributed by atoms with Crippen LogP contribution in [0.1, 0.15) is 36.7 Å². The van der Waals surface area contributed by atoms with Crippen LogP contribution in [-0.2, 0) is 0 Å². The number of nitrogens with zero attached hydrogens (tertiary/aromatic N) is 3.